The summed E-state index contributed by atoms with van der Waals surface area (Å²) in [6.45, 7) is 16.9. The first-order chi connectivity index (χ1) is 23.4. The SMILES string of the molecule is C=CC[NH2+]c1c(O)cc2c(O)c1C[C@@H](C)C[C@H](OC)[C@H](O)[C@@H](C)/C=C(\C)[C@H](OC(N)=O)[C@@H](C)/C=C\C=C(/C)C(=O)N2.CCC([NH3+])(CC)C(=O)[O-]. The van der Waals surface area contributed by atoms with Crippen LogP contribution in [0.15, 0.2) is 54.2 Å². The van der Waals surface area contributed by atoms with E-state index in [2.05, 4.69) is 17.6 Å². The Morgan fingerprint density at radius 1 is 1.20 bits per heavy atom. The second kappa shape index (κ2) is 20.5. The average Bonchev–Trinajstić information content (AvgIpc) is 3.06. The lowest BCUT2D eigenvalue weighted by atomic mass is 9.87. The first-order valence-electron chi connectivity index (χ1n) is 17.0. The maximum Gasteiger partial charge on any atom is 0.405 e. The minimum Gasteiger partial charge on any atom is -0.544 e. The predicted molar refractivity (Wildman–Crippen MR) is 190 cm³/mol. The Morgan fingerprint density at radius 2 is 1.82 bits per heavy atom. The lowest BCUT2D eigenvalue weighted by Crippen LogP contribution is -2.79. The van der Waals surface area contributed by atoms with E-state index in [1.54, 1.807) is 50.4 Å². The number of hydrogen-bond donors (Lipinski definition) is 7. The summed E-state index contributed by atoms with van der Waals surface area (Å²) in [5, 5.41) is 48.1. The minimum absolute atomic E-state index is 0.0820. The van der Waals surface area contributed by atoms with E-state index in [1.807, 2.05) is 33.8 Å². The fourth-order valence-corrected chi connectivity index (χ4v) is 5.66. The molecule has 0 aromatic heterocycles. The molecule has 1 aromatic carbocycles. The Labute approximate surface area is 296 Å². The van der Waals surface area contributed by atoms with Gasteiger partial charge in [0.25, 0.3) is 5.91 Å². The van der Waals surface area contributed by atoms with Gasteiger partial charge in [0.05, 0.1) is 30.0 Å². The number of benzene rings is 1. The molecule has 280 valence electrons. The molecule has 50 heavy (non-hydrogen) atoms. The predicted octanol–water partition coefficient (Wildman–Crippen LogP) is 2.10. The molecule has 1 aliphatic rings. The lowest BCUT2D eigenvalue weighted by Gasteiger charge is -2.29. The number of allylic oxidation sites excluding steroid dienone is 2. The number of carboxylic acid groups (broad SMARTS) is 1. The van der Waals surface area contributed by atoms with Gasteiger partial charge in [-0.1, -0.05) is 65.5 Å². The molecule has 0 fully saturated rings. The van der Waals surface area contributed by atoms with E-state index >= 15 is 0 Å². The fourth-order valence-electron chi connectivity index (χ4n) is 5.66. The maximum atomic E-state index is 13.0. The summed E-state index contributed by atoms with van der Waals surface area (Å²) in [6, 6.07) is 1.33. The number of carbonyl (C=O) groups is 3. The number of primary amides is 1. The number of carboxylic acids is 1. The van der Waals surface area contributed by atoms with Crippen LogP contribution in [-0.4, -0.2) is 70.8 Å². The molecule has 1 aromatic rings. The smallest absolute Gasteiger partial charge is 0.405 e. The number of fused-ring (bicyclic) bond motifs is 2. The van der Waals surface area contributed by atoms with E-state index in [4.69, 9.17) is 15.2 Å². The molecule has 2 amide bonds. The lowest BCUT2D eigenvalue weighted by molar-refractivity contribution is -0.562. The number of phenolic OH excluding ortho intramolecular Hbond substituents is 2. The van der Waals surface area contributed by atoms with Crippen molar-refractivity contribution >= 4 is 29.3 Å². The number of phenols is 2. The molecular formula is C37H59N4O9+. The zero-order valence-electron chi connectivity index (χ0n) is 30.8. The van der Waals surface area contributed by atoms with Crippen molar-refractivity contribution in [2.75, 3.05) is 19.0 Å². The monoisotopic (exact) mass is 703 g/mol. The summed E-state index contributed by atoms with van der Waals surface area (Å²) in [7, 11) is 1.53. The molecule has 0 radical (unpaired) electrons. The van der Waals surface area contributed by atoms with Gasteiger partial charge in [-0.2, -0.15) is 0 Å². The van der Waals surface area contributed by atoms with Crippen molar-refractivity contribution in [1.82, 2.24) is 0 Å². The van der Waals surface area contributed by atoms with Crippen LogP contribution < -0.4 is 27.2 Å². The van der Waals surface area contributed by atoms with Gasteiger partial charge in [-0.3, -0.25) is 4.79 Å². The minimum atomic E-state index is -1.05. The van der Waals surface area contributed by atoms with E-state index in [0.29, 0.717) is 54.6 Å². The molecule has 1 heterocycles. The summed E-state index contributed by atoms with van der Waals surface area (Å²) < 4.78 is 11.1. The largest absolute Gasteiger partial charge is 0.544 e. The van der Waals surface area contributed by atoms with Crippen molar-refractivity contribution in [3.8, 4) is 11.5 Å². The second-order valence-corrected chi connectivity index (χ2v) is 13.2. The number of aliphatic carboxylic acids is 1. The van der Waals surface area contributed by atoms with Crippen LogP contribution in [0.1, 0.15) is 73.3 Å². The topological polar surface area (TPSA) is 236 Å². The maximum absolute atomic E-state index is 13.0. The van der Waals surface area contributed by atoms with Crippen LogP contribution >= 0.6 is 0 Å². The summed E-state index contributed by atoms with van der Waals surface area (Å²) in [6.07, 6.45) is 7.39. The van der Waals surface area contributed by atoms with Crippen molar-refractivity contribution in [1.29, 1.82) is 0 Å². The highest BCUT2D eigenvalue weighted by molar-refractivity contribution is 6.04. The van der Waals surface area contributed by atoms with Crippen LogP contribution in [0.4, 0.5) is 16.2 Å². The van der Waals surface area contributed by atoms with Gasteiger partial charge in [0.2, 0.25) is 0 Å². The first kappa shape index (κ1) is 43.9. The van der Waals surface area contributed by atoms with Crippen LogP contribution in [0.5, 0.6) is 11.5 Å². The number of aliphatic hydroxyl groups excluding tert-OH is 1. The van der Waals surface area contributed by atoms with Gasteiger partial charge in [-0.05, 0) is 44.3 Å². The zero-order chi connectivity index (χ0) is 38.3. The molecule has 1 aliphatic heterocycles. The van der Waals surface area contributed by atoms with Crippen LogP contribution in [0, 0.1) is 17.8 Å². The molecule has 0 spiro atoms. The summed E-state index contributed by atoms with van der Waals surface area (Å²) >= 11 is 0. The van der Waals surface area contributed by atoms with Gasteiger partial charge >= 0.3 is 6.09 Å². The van der Waals surface area contributed by atoms with Crippen LogP contribution in [0.25, 0.3) is 0 Å². The van der Waals surface area contributed by atoms with Crippen molar-refractivity contribution in [2.24, 2.45) is 23.5 Å². The van der Waals surface area contributed by atoms with E-state index < -0.39 is 41.8 Å². The third-order valence-electron chi connectivity index (χ3n) is 9.17. The Kier molecular flexibility index (Phi) is 18.0. The van der Waals surface area contributed by atoms with E-state index in [1.165, 1.54) is 13.2 Å². The number of ether oxygens (including phenoxy) is 2. The number of quaternary nitrogens is 2. The molecule has 0 aliphatic carbocycles. The normalized spacial score (nSPS) is 26.5. The quantitative estimate of drug-likeness (QED) is 0.0907. The Bertz CT molecular complexity index is 1420. The molecule has 0 saturated heterocycles. The summed E-state index contributed by atoms with van der Waals surface area (Å²) in [4.78, 5) is 35.0. The number of hydrogen-bond acceptors (Lipinski definition) is 9. The van der Waals surface area contributed by atoms with Crippen molar-refractivity contribution in [3.05, 3.63) is 59.7 Å². The third-order valence-corrected chi connectivity index (χ3v) is 9.17. The van der Waals surface area contributed by atoms with Gasteiger partial charge in [0, 0.05) is 43.4 Å². The molecule has 0 unspecified atom stereocenters. The van der Waals surface area contributed by atoms with Crippen molar-refractivity contribution in [3.63, 3.8) is 0 Å². The van der Waals surface area contributed by atoms with E-state index in [9.17, 15) is 34.8 Å². The van der Waals surface area contributed by atoms with Gasteiger partial charge in [-0.25, -0.2) is 4.79 Å². The Hall–Kier alpha value is -4.17. The average molecular weight is 704 g/mol. The van der Waals surface area contributed by atoms with Crippen molar-refractivity contribution < 1.29 is 55.3 Å². The number of anilines is 1. The molecule has 2 rings (SSSR count). The number of aliphatic hydroxyl groups is 1. The van der Waals surface area contributed by atoms with Crippen molar-refractivity contribution in [2.45, 2.75) is 98.0 Å². The second-order valence-electron chi connectivity index (χ2n) is 13.2. The number of aromatic hydroxyl groups is 2. The number of nitrogens with one attached hydrogen (secondary N) is 1. The van der Waals surface area contributed by atoms with Crippen LogP contribution in [0.3, 0.4) is 0 Å². The van der Waals surface area contributed by atoms with Crippen LogP contribution in [0.2, 0.25) is 0 Å². The molecule has 6 atom stereocenters. The number of methoxy groups -OCH3 is 1. The van der Waals surface area contributed by atoms with Crippen LogP contribution in [-0.2, 0) is 25.5 Å². The first-order valence-corrected chi connectivity index (χ1v) is 17.0. The highest BCUT2D eigenvalue weighted by Crippen LogP contribution is 2.40. The summed E-state index contributed by atoms with van der Waals surface area (Å²) in [5.74, 6) is -2.49. The molecule has 0 saturated carbocycles. The highest BCUT2D eigenvalue weighted by Gasteiger charge is 2.30. The van der Waals surface area contributed by atoms with E-state index in [0.717, 1.165) is 0 Å². The van der Waals surface area contributed by atoms with E-state index in [-0.39, 0.29) is 34.9 Å². The highest BCUT2D eigenvalue weighted by atomic mass is 16.6. The number of nitrogens with two attached hydrogens (primary N) is 2. The summed E-state index contributed by atoms with van der Waals surface area (Å²) in [5.41, 5.74) is 10.1. The molecule has 13 nitrogen and oxygen atoms in total. The van der Waals surface area contributed by atoms with Gasteiger partial charge in [0.1, 0.15) is 23.4 Å². The molecule has 13 heteroatoms. The fraction of sp³-hybridized carbons (Fsp3) is 0.541. The molecular weight excluding hydrogens is 644 g/mol. The Morgan fingerprint density at radius 3 is 2.32 bits per heavy atom. The Balaban J connectivity index is 0.00000122. The molecule has 2 bridgehead atoms. The van der Waals surface area contributed by atoms with Gasteiger partial charge < -0.3 is 56.8 Å². The van der Waals surface area contributed by atoms with Gasteiger partial charge in [-0.15, -0.1) is 0 Å². The number of carbonyl (C=O) groups excluding carboxylic acids is 3. The third kappa shape index (κ3) is 12.6. The molecule has 11 N–H and O–H groups in total. The standard InChI is InChI=1S/C31H45N3O7.C6H13NO2/c1-8-12-33-26-22-13-17(2)14-25(40-7)27(36)20(5)15-21(6)29(41-31(32)39)18(3)10-9-11-19(4)30(38)34-23(28(22)37)16-24(26)35;1-3-6(7,4-2)5(8)9/h8-11,15-18,20,25,27,29,33,35-37H,1,12-14H2,2-7H3,(H2,32,39)(H,34,38);3-4,7H2,1-2H3,(H,8,9)/p+1/b10-9-,19-11+,21-15+;/t17-,18+,20+,25+,27-,29-;/m1./s1. The number of rotatable bonds is 8. The number of amides is 2. The zero-order valence-corrected chi connectivity index (χ0v) is 30.8. The van der Waals surface area contributed by atoms with Gasteiger partial charge in [0.15, 0.2) is 11.4 Å².